The van der Waals surface area contributed by atoms with Crippen LogP contribution >= 0.6 is 0 Å². The van der Waals surface area contributed by atoms with E-state index < -0.39 is 0 Å². The van der Waals surface area contributed by atoms with E-state index >= 15 is 0 Å². The number of carbonyl (C=O) groups excluding carboxylic acids is 1. The molecule has 0 amide bonds. The first-order chi connectivity index (χ1) is 8.66. The van der Waals surface area contributed by atoms with Gasteiger partial charge in [0.05, 0.1) is 5.52 Å². The smallest absolute Gasteiger partial charge is 0.168 e. The standard InChI is InChI=1S/C15H16FNO/c1-17-9-13(15(18)10-4-2-3-5-10)12-7-6-11(16)8-14(12)17/h6-10H,2-5H2,1H3. The Balaban J connectivity index is 2.09. The number of benzene rings is 1. The average Bonchev–Trinajstić information content (AvgIpc) is 2.97. The zero-order chi connectivity index (χ0) is 12.7. The molecule has 0 saturated heterocycles. The molecule has 1 aliphatic carbocycles. The summed E-state index contributed by atoms with van der Waals surface area (Å²) in [7, 11) is 1.85. The maximum absolute atomic E-state index is 13.2. The molecule has 94 valence electrons. The van der Waals surface area contributed by atoms with Crippen LogP contribution < -0.4 is 0 Å². The fraction of sp³-hybridized carbons (Fsp3) is 0.400. The summed E-state index contributed by atoms with van der Waals surface area (Å²) in [6, 6.07) is 4.63. The van der Waals surface area contributed by atoms with Crippen LogP contribution in [0.5, 0.6) is 0 Å². The Morgan fingerprint density at radius 3 is 2.78 bits per heavy atom. The van der Waals surface area contributed by atoms with Crippen LogP contribution in [-0.2, 0) is 7.05 Å². The van der Waals surface area contributed by atoms with E-state index in [-0.39, 0.29) is 17.5 Å². The van der Waals surface area contributed by atoms with E-state index in [4.69, 9.17) is 0 Å². The minimum absolute atomic E-state index is 0.167. The van der Waals surface area contributed by atoms with Crippen molar-refractivity contribution in [2.45, 2.75) is 25.7 Å². The first-order valence-corrected chi connectivity index (χ1v) is 6.45. The van der Waals surface area contributed by atoms with Crippen molar-refractivity contribution in [1.29, 1.82) is 0 Å². The van der Waals surface area contributed by atoms with Crippen LogP contribution in [0.2, 0.25) is 0 Å². The number of hydrogen-bond donors (Lipinski definition) is 0. The van der Waals surface area contributed by atoms with Gasteiger partial charge in [-0.2, -0.15) is 0 Å². The van der Waals surface area contributed by atoms with Gasteiger partial charge in [0.2, 0.25) is 0 Å². The molecule has 0 spiro atoms. The Bertz CT molecular complexity index is 608. The SMILES string of the molecule is Cn1cc(C(=O)C2CCCC2)c2ccc(F)cc21. The first kappa shape index (κ1) is 11.5. The number of aromatic nitrogens is 1. The summed E-state index contributed by atoms with van der Waals surface area (Å²) in [5.74, 6) is 0.133. The predicted octanol–water partition coefficient (Wildman–Crippen LogP) is 3.69. The number of ketones is 1. The van der Waals surface area contributed by atoms with E-state index in [1.54, 1.807) is 6.07 Å². The zero-order valence-corrected chi connectivity index (χ0v) is 10.4. The van der Waals surface area contributed by atoms with Gasteiger partial charge in [-0.1, -0.05) is 12.8 Å². The van der Waals surface area contributed by atoms with Crippen molar-refractivity contribution in [3.05, 3.63) is 35.8 Å². The van der Waals surface area contributed by atoms with Gasteiger partial charge in [-0.05, 0) is 31.0 Å². The molecule has 0 radical (unpaired) electrons. The number of fused-ring (bicyclic) bond motifs is 1. The third-order valence-electron chi connectivity index (χ3n) is 3.94. The summed E-state index contributed by atoms with van der Waals surface area (Å²) in [6.07, 6.45) is 6.13. The Kier molecular flexibility index (Phi) is 2.69. The number of hydrogen-bond acceptors (Lipinski definition) is 1. The molecule has 0 aliphatic heterocycles. The van der Waals surface area contributed by atoms with Gasteiger partial charge in [0.25, 0.3) is 0 Å². The van der Waals surface area contributed by atoms with E-state index in [1.165, 1.54) is 12.1 Å². The Morgan fingerprint density at radius 2 is 2.06 bits per heavy atom. The van der Waals surface area contributed by atoms with E-state index in [9.17, 15) is 9.18 Å². The van der Waals surface area contributed by atoms with Crippen LogP contribution in [0.4, 0.5) is 4.39 Å². The van der Waals surface area contributed by atoms with Crippen LogP contribution in [0.3, 0.4) is 0 Å². The van der Waals surface area contributed by atoms with Crippen molar-refractivity contribution in [1.82, 2.24) is 4.57 Å². The summed E-state index contributed by atoms with van der Waals surface area (Å²) in [4.78, 5) is 12.5. The lowest BCUT2D eigenvalue weighted by atomic mass is 9.96. The molecule has 0 N–H and O–H groups in total. The molecule has 1 aromatic heterocycles. The van der Waals surface area contributed by atoms with E-state index in [0.717, 1.165) is 42.1 Å². The van der Waals surface area contributed by atoms with E-state index in [0.29, 0.717) is 0 Å². The maximum Gasteiger partial charge on any atom is 0.168 e. The minimum atomic E-state index is -0.261. The van der Waals surface area contributed by atoms with Crippen molar-refractivity contribution in [3.8, 4) is 0 Å². The molecule has 0 bridgehead atoms. The second kappa shape index (κ2) is 4.23. The topological polar surface area (TPSA) is 22.0 Å². The highest BCUT2D eigenvalue weighted by Gasteiger charge is 2.26. The largest absolute Gasteiger partial charge is 0.350 e. The van der Waals surface area contributed by atoms with Gasteiger partial charge in [-0.3, -0.25) is 4.79 Å². The van der Waals surface area contributed by atoms with Crippen LogP contribution in [0, 0.1) is 11.7 Å². The molecule has 0 unspecified atom stereocenters. The van der Waals surface area contributed by atoms with Crippen LogP contribution in [0.25, 0.3) is 10.9 Å². The second-order valence-electron chi connectivity index (χ2n) is 5.16. The van der Waals surface area contributed by atoms with Crippen molar-refractivity contribution < 1.29 is 9.18 Å². The minimum Gasteiger partial charge on any atom is -0.350 e. The summed E-state index contributed by atoms with van der Waals surface area (Å²) in [5, 5.41) is 0.871. The monoisotopic (exact) mass is 245 g/mol. The molecule has 2 aromatic rings. The lowest BCUT2D eigenvalue weighted by molar-refractivity contribution is 0.0924. The Hall–Kier alpha value is -1.64. The van der Waals surface area contributed by atoms with Crippen molar-refractivity contribution in [3.63, 3.8) is 0 Å². The molecule has 2 nitrogen and oxygen atoms in total. The van der Waals surface area contributed by atoms with Crippen LogP contribution in [0.1, 0.15) is 36.0 Å². The molecular weight excluding hydrogens is 229 g/mol. The third kappa shape index (κ3) is 1.74. The molecule has 18 heavy (non-hydrogen) atoms. The molecule has 3 rings (SSSR count). The molecular formula is C15H16FNO. The van der Waals surface area contributed by atoms with Crippen LogP contribution in [-0.4, -0.2) is 10.4 Å². The van der Waals surface area contributed by atoms with Gasteiger partial charge >= 0.3 is 0 Å². The number of Topliss-reactive ketones (excluding diaryl/α,β-unsaturated/α-hetero) is 1. The van der Waals surface area contributed by atoms with Crippen molar-refractivity contribution in [2.75, 3.05) is 0 Å². The molecule has 1 aliphatic rings. The molecule has 0 atom stereocenters. The number of halogens is 1. The Labute approximate surface area is 105 Å². The van der Waals surface area contributed by atoms with Gasteiger partial charge in [-0.15, -0.1) is 0 Å². The summed E-state index contributed by atoms with van der Waals surface area (Å²) < 4.78 is 15.1. The number of rotatable bonds is 2. The normalized spacial score (nSPS) is 16.6. The van der Waals surface area contributed by atoms with Gasteiger partial charge in [0.1, 0.15) is 5.82 Å². The lowest BCUT2D eigenvalue weighted by Crippen LogP contribution is -2.10. The summed E-state index contributed by atoms with van der Waals surface area (Å²) in [5.41, 5.74) is 1.54. The summed E-state index contributed by atoms with van der Waals surface area (Å²) in [6.45, 7) is 0. The molecule has 1 heterocycles. The average molecular weight is 245 g/mol. The van der Waals surface area contributed by atoms with Crippen LogP contribution in [0.15, 0.2) is 24.4 Å². The zero-order valence-electron chi connectivity index (χ0n) is 10.4. The van der Waals surface area contributed by atoms with Gasteiger partial charge < -0.3 is 4.57 Å². The molecule has 1 saturated carbocycles. The van der Waals surface area contributed by atoms with Gasteiger partial charge in [-0.25, -0.2) is 4.39 Å². The highest BCUT2D eigenvalue weighted by Crippen LogP contribution is 2.31. The second-order valence-corrected chi connectivity index (χ2v) is 5.16. The third-order valence-corrected chi connectivity index (χ3v) is 3.94. The van der Waals surface area contributed by atoms with E-state index in [1.807, 2.05) is 17.8 Å². The molecule has 1 fully saturated rings. The predicted molar refractivity (Wildman–Crippen MR) is 69.2 cm³/mol. The highest BCUT2D eigenvalue weighted by molar-refractivity contribution is 6.09. The fourth-order valence-corrected chi connectivity index (χ4v) is 2.96. The first-order valence-electron chi connectivity index (χ1n) is 6.45. The maximum atomic E-state index is 13.2. The van der Waals surface area contributed by atoms with Gasteiger partial charge in [0.15, 0.2) is 5.78 Å². The quantitative estimate of drug-likeness (QED) is 0.739. The number of carbonyl (C=O) groups is 1. The highest BCUT2D eigenvalue weighted by atomic mass is 19.1. The van der Waals surface area contributed by atoms with E-state index in [2.05, 4.69) is 0 Å². The lowest BCUT2D eigenvalue weighted by Gasteiger charge is -2.06. The molecule has 3 heteroatoms. The number of nitrogens with zero attached hydrogens (tertiary/aromatic N) is 1. The Morgan fingerprint density at radius 1 is 1.33 bits per heavy atom. The van der Waals surface area contributed by atoms with Gasteiger partial charge in [0, 0.05) is 30.1 Å². The van der Waals surface area contributed by atoms with Crippen molar-refractivity contribution >= 4 is 16.7 Å². The summed E-state index contributed by atoms with van der Waals surface area (Å²) >= 11 is 0. The molecule has 1 aromatic carbocycles. The number of aryl methyl sites for hydroxylation is 1. The fourth-order valence-electron chi connectivity index (χ4n) is 2.96. The van der Waals surface area contributed by atoms with Crippen molar-refractivity contribution in [2.24, 2.45) is 13.0 Å².